The van der Waals surface area contributed by atoms with E-state index in [1.807, 2.05) is 0 Å². The summed E-state index contributed by atoms with van der Waals surface area (Å²) in [5.41, 5.74) is 0.108. The fourth-order valence-corrected chi connectivity index (χ4v) is 3.14. The van der Waals surface area contributed by atoms with Crippen molar-refractivity contribution in [1.82, 2.24) is 5.32 Å². The van der Waals surface area contributed by atoms with Crippen LogP contribution < -0.4 is 10.1 Å². The Hall–Kier alpha value is -2.73. The average molecular weight is 357 g/mol. The van der Waals surface area contributed by atoms with Gasteiger partial charge in [-0.25, -0.2) is 4.39 Å². The first-order valence-corrected chi connectivity index (χ1v) is 8.28. The summed E-state index contributed by atoms with van der Waals surface area (Å²) >= 11 is 0. The van der Waals surface area contributed by atoms with Gasteiger partial charge in [0.15, 0.2) is 5.78 Å². The fourth-order valence-electron chi connectivity index (χ4n) is 3.14. The number of carbonyl (C=O) groups excluding carboxylic acids is 2. The van der Waals surface area contributed by atoms with Crippen LogP contribution in [0.1, 0.15) is 53.1 Å². The van der Waals surface area contributed by atoms with Crippen LogP contribution in [-0.4, -0.2) is 28.5 Å². The zero-order valence-electron chi connectivity index (χ0n) is 14.7. The Kier molecular flexibility index (Phi) is 4.54. The molecule has 136 valence electrons. The Balaban J connectivity index is 2.04. The van der Waals surface area contributed by atoms with Crippen molar-refractivity contribution in [1.29, 1.82) is 0 Å². The number of hydrogen-bond acceptors (Lipinski definition) is 4. The number of amides is 1. The van der Waals surface area contributed by atoms with E-state index in [9.17, 15) is 19.1 Å². The minimum absolute atomic E-state index is 0.196. The minimum atomic E-state index is -1.08. The number of halogens is 1. The third kappa shape index (κ3) is 3.20. The van der Waals surface area contributed by atoms with Crippen molar-refractivity contribution in [2.24, 2.45) is 0 Å². The van der Waals surface area contributed by atoms with Crippen molar-refractivity contribution in [3.63, 3.8) is 0 Å². The summed E-state index contributed by atoms with van der Waals surface area (Å²) in [6.45, 7) is 4.83. The van der Waals surface area contributed by atoms with Gasteiger partial charge in [0.1, 0.15) is 23.3 Å². The van der Waals surface area contributed by atoms with E-state index >= 15 is 0 Å². The summed E-state index contributed by atoms with van der Waals surface area (Å²) in [6.07, 6.45) is -1.08. The highest BCUT2D eigenvalue weighted by Gasteiger charge is 2.45. The lowest BCUT2D eigenvalue weighted by Crippen LogP contribution is -2.54. The summed E-state index contributed by atoms with van der Waals surface area (Å²) in [4.78, 5) is 24.6. The number of carbonyl (C=O) groups is 2. The number of benzene rings is 2. The van der Waals surface area contributed by atoms with Gasteiger partial charge >= 0.3 is 0 Å². The number of aliphatic hydroxyl groups is 1. The maximum Gasteiger partial charge on any atom is 0.251 e. The number of aliphatic hydroxyl groups excluding tert-OH is 1. The maximum atomic E-state index is 13.1. The summed E-state index contributed by atoms with van der Waals surface area (Å²) in [5.74, 6) is -0.676. The first kappa shape index (κ1) is 18.1. The minimum Gasteiger partial charge on any atom is -0.485 e. The third-order valence-electron chi connectivity index (χ3n) is 4.55. The van der Waals surface area contributed by atoms with Gasteiger partial charge in [-0.15, -0.1) is 0 Å². The van der Waals surface area contributed by atoms with Crippen LogP contribution in [0.15, 0.2) is 42.5 Å². The molecule has 2 atom stereocenters. The van der Waals surface area contributed by atoms with Crippen molar-refractivity contribution in [3.8, 4) is 5.75 Å². The topological polar surface area (TPSA) is 75.6 Å². The van der Waals surface area contributed by atoms with Crippen LogP contribution in [0.5, 0.6) is 5.75 Å². The Labute approximate surface area is 150 Å². The van der Waals surface area contributed by atoms with Gasteiger partial charge in [0.2, 0.25) is 0 Å². The summed E-state index contributed by atoms with van der Waals surface area (Å²) in [6, 6.07) is 9.29. The smallest absolute Gasteiger partial charge is 0.251 e. The second-order valence-corrected chi connectivity index (χ2v) is 6.88. The third-order valence-corrected chi connectivity index (χ3v) is 4.55. The molecule has 1 heterocycles. The highest BCUT2D eigenvalue weighted by Crippen LogP contribution is 2.41. The molecule has 2 N–H and O–H groups in total. The number of fused-ring (bicyclic) bond motifs is 1. The molecule has 0 fully saturated rings. The van der Waals surface area contributed by atoms with E-state index in [1.54, 1.807) is 32.0 Å². The van der Waals surface area contributed by atoms with Crippen LogP contribution in [0.2, 0.25) is 0 Å². The Bertz CT molecular complexity index is 861. The predicted octanol–water partition coefficient (Wildman–Crippen LogP) is 3.03. The van der Waals surface area contributed by atoms with Gasteiger partial charge in [-0.3, -0.25) is 9.59 Å². The molecule has 0 saturated carbocycles. The number of hydrogen-bond donors (Lipinski definition) is 2. The molecular weight excluding hydrogens is 337 g/mol. The summed E-state index contributed by atoms with van der Waals surface area (Å²) < 4.78 is 18.9. The van der Waals surface area contributed by atoms with E-state index in [0.29, 0.717) is 16.9 Å². The number of nitrogens with one attached hydrogen (secondary N) is 1. The highest BCUT2D eigenvalue weighted by molar-refractivity contribution is 5.98. The molecule has 1 amide bonds. The number of rotatable bonds is 3. The SMILES string of the molecule is CC(=O)c1cccc2c1C(NC(=O)c1ccc(F)cc1)C(O)C(C)(C)O2. The molecule has 2 aromatic rings. The molecule has 0 aliphatic carbocycles. The maximum absolute atomic E-state index is 13.1. The molecule has 26 heavy (non-hydrogen) atoms. The first-order chi connectivity index (χ1) is 12.2. The van der Waals surface area contributed by atoms with E-state index in [1.165, 1.54) is 31.2 Å². The van der Waals surface area contributed by atoms with Gasteiger partial charge in [0.25, 0.3) is 5.91 Å². The van der Waals surface area contributed by atoms with Crippen molar-refractivity contribution in [3.05, 3.63) is 65.0 Å². The zero-order chi connectivity index (χ0) is 19.1. The van der Waals surface area contributed by atoms with Crippen LogP contribution >= 0.6 is 0 Å². The van der Waals surface area contributed by atoms with Gasteiger partial charge in [-0.2, -0.15) is 0 Å². The molecule has 3 rings (SSSR count). The predicted molar refractivity (Wildman–Crippen MR) is 93.8 cm³/mol. The Morgan fingerprint density at radius 3 is 2.42 bits per heavy atom. The molecule has 5 nitrogen and oxygen atoms in total. The number of ketones is 1. The molecule has 0 saturated heterocycles. The van der Waals surface area contributed by atoms with E-state index < -0.39 is 29.5 Å². The van der Waals surface area contributed by atoms with Crippen LogP contribution in [-0.2, 0) is 0 Å². The quantitative estimate of drug-likeness (QED) is 0.828. The van der Waals surface area contributed by atoms with Gasteiger partial charge < -0.3 is 15.2 Å². The summed E-state index contributed by atoms with van der Waals surface area (Å²) in [5, 5.41) is 13.5. The number of ether oxygens (including phenoxy) is 1. The van der Waals surface area contributed by atoms with Crippen LogP contribution in [0.25, 0.3) is 0 Å². The normalized spacial score (nSPS) is 20.7. The van der Waals surface area contributed by atoms with E-state index in [2.05, 4.69) is 5.32 Å². The van der Waals surface area contributed by atoms with Crippen molar-refractivity contribution in [2.75, 3.05) is 0 Å². The van der Waals surface area contributed by atoms with Crippen LogP contribution in [0.4, 0.5) is 4.39 Å². The molecule has 0 aromatic heterocycles. The molecule has 1 aliphatic heterocycles. The second-order valence-electron chi connectivity index (χ2n) is 6.88. The second kappa shape index (κ2) is 6.53. The lowest BCUT2D eigenvalue weighted by molar-refractivity contribution is -0.0629. The zero-order valence-corrected chi connectivity index (χ0v) is 14.7. The fraction of sp³-hybridized carbons (Fsp3) is 0.300. The van der Waals surface area contributed by atoms with Crippen LogP contribution in [0, 0.1) is 5.82 Å². The molecule has 2 unspecified atom stereocenters. The van der Waals surface area contributed by atoms with E-state index in [-0.39, 0.29) is 11.3 Å². The first-order valence-electron chi connectivity index (χ1n) is 8.28. The van der Waals surface area contributed by atoms with Crippen molar-refractivity contribution < 1.29 is 23.8 Å². The molecular formula is C20H20FNO4. The van der Waals surface area contributed by atoms with Gasteiger partial charge in [-0.05, 0) is 51.1 Å². The highest BCUT2D eigenvalue weighted by atomic mass is 19.1. The monoisotopic (exact) mass is 357 g/mol. The van der Waals surface area contributed by atoms with E-state index in [4.69, 9.17) is 4.74 Å². The van der Waals surface area contributed by atoms with Gasteiger partial charge in [-0.1, -0.05) is 12.1 Å². The van der Waals surface area contributed by atoms with Crippen LogP contribution in [0.3, 0.4) is 0 Å². The molecule has 0 spiro atoms. The van der Waals surface area contributed by atoms with E-state index in [0.717, 1.165) is 0 Å². The standard InChI is InChI=1S/C20H20FNO4/c1-11(23)14-5-4-6-15-16(14)17(18(24)20(2,3)26-15)22-19(25)12-7-9-13(21)10-8-12/h4-10,17-18,24H,1-3H3,(H,22,25). The lowest BCUT2D eigenvalue weighted by Gasteiger charge is -2.42. The average Bonchev–Trinajstić information content (AvgIpc) is 2.58. The number of Topliss-reactive ketones (excluding diaryl/α,β-unsaturated/α-hetero) is 1. The molecule has 6 heteroatoms. The van der Waals surface area contributed by atoms with Crippen molar-refractivity contribution >= 4 is 11.7 Å². The van der Waals surface area contributed by atoms with Crippen molar-refractivity contribution in [2.45, 2.75) is 38.5 Å². The Morgan fingerprint density at radius 1 is 1.15 bits per heavy atom. The largest absolute Gasteiger partial charge is 0.485 e. The molecule has 0 radical (unpaired) electrons. The lowest BCUT2D eigenvalue weighted by atomic mass is 9.83. The molecule has 0 bridgehead atoms. The Morgan fingerprint density at radius 2 is 1.81 bits per heavy atom. The van der Waals surface area contributed by atoms with Gasteiger partial charge in [0, 0.05) is 16.7 Å². The molecule has 1 aliphatic rings. The summed E-state index contributed by atoms with van der Waals surface area (Å²) in [7, 11) is 0. The molecule has 2 aromatic carbocycles. The van der Waals surface area contributed by atoms with Gasteiger partial charge in [0.05, 0.1) is 6.04 Å².